The van der Waals surface area contributed by atoms with E-state index in [-0.39, 0.29) is 5.76 Å². The number of benzene rings is 3. The summed E-state index contributed by atoms with van der Waals surface area (Å²) in [7, 11) is 1.34. The molecule has 3 aromatic rings. The number of carboxylic acid groups (broad SMARTS) is 1. The number of nitrogens with zero attached hydrogens (tertiary/aromatic N) is 1. The topological polar surface area (TPSA) is 59.0 Å². The highest BCUT2D eigenvalue weighted by Gasteiger charge is 2.21. The fourth-order valence-corrected chi connectivity index (χ4v) is 3.70. The average Bonchev–Trinajstić information content (AvgIpc) is 2.77. The lowest BCUT2D eigenvalue weighted by atomic mass is 9.96. The van der Waals surface area contributed by atoms with Gasteiger partial charge in [-0.2, -0.15) is 0 Å². The molecule has 0 amide bonds. The minimum absolute atomic E-state index is 0.105. The number of anilines is 2. The van der Waals surface area contributed by atoms with Crippen molar-refractivity contribution in [2.45, 2.75) is 6.42 Å². The molecule has 0 saturated heterocycles. The van der Waals surface area contributed by atoms with Crippen LogP contribution in [-0.2, 0) is 16.0 Å². The fraction of sp³-hybridized carbons (Fsp3) is 0.160. The Balaban J connectivity index is 1.44. The fourth-order valence-electron chi connectivity index (χ4n) is 3.70. The zero-order chi connectivity index (χ0) is 20.9. The Morgan fingerprint density at radius 2 is 1.57 bits per heavy atom. The van der Waals surface area contributed by atoms with Crippen molar-refractivity contribution in [1.82, 2.24) is 0 Å². The van der Waals surface area contributed by atoms with Gasteiger partial charge in [0, 0.05) is 17.8 Å². The van der Waals surface area contributed by atoms with Crippen molar-refractivity contribution < 1.29 is 19.4 Å². The molecule has 0 spiro atoms. The second kappa shape index (κ2) is 8.74. The van der Waals surface area contributed by atoms with E-state index in [0.29, 0.717) is 6.61 Å². The second-order valence-electron chi connectivity index (χ2n) is 7.02. The van der Waals surface area contributed by atoms with Crippen LogP contribution < -0.4 is 9.64 Å². The molecule has 1 aliphatic rings. The lowest BCUT2D eigenvalue weighted by Crippen LogP contribution is -2.28. The number of aliphatic carboxylic acids is 1. The highest BCUT2D eigenvalue weighted by molar-refractivity contribution is 5.89. The van der Waals surface area contributed by atoms with Crippen LogP contribution in [0.2, 0.25) is 0 Å². The number of ether oxygens (including phenoxy) is 2. The zero-order valence-corrected chi connectivity index (χ0v) is 16.7. The number of hydrogen-bond donors (Lipinski definition) is 1. The molecule has 0 aliphatic carbocycles. The van der Waals surface area contributed by atoms with Crippen LogP contribution in [-0.4, -0.2) is 31.3 Å². The zero-order valence-electron chi connectivity index (χ0n) is 16.7. The molecule has 0 atom stereocenters. The SMILES string of the molecule is CO/C(=C\c1ccc(OCCN2c3ccccc3Cc3ccccc32)cc1)C(=O)O. The first-order valence-corrected chi connectivity index (χ1v) is 9.81. The molecule has 0 aromatic heterocycles. The molecule has 1 heterocycles. The van der Waals surface area contributed by atoms with Crippen molar-refractivity contribution in [1.29, 1.82) is 0 Å². The predicted molar refractivity (Wildman–Crippen MR) is 117 cm³/mol. The number of carboxylic acids is 1. The molecule has 5 heteroatoms. The van der Waals surface area contributed by atoms with Gasteiger partial charge in [0.05, 0.1) is 13.7 Å². The van der Waals surface area contributed by atoms with E-state index in [1.807, 2.05) is 24.3 Å². The Morgan fingerprint density at radius 1 is 0.967 bits per heavy atom. The van der Waals surface area contributed by atoms with E-state index < -0.39 is 5.97 Å². The average molecular weight is 401 g/mol. The molecule has 0 saturated carbocycles. The van der Waals surface area contributed by atoms with Crippen LogP contribution in [0.5, 0.6) is 5.75 Å². The lowest BCUT2D eigenvalue weighted by molar-refractivity contribution is -0.135. The first-order valence-electron chi connectivity index (χ1n) is 9.81. The molecule has 152 valence electrons. The van der Waals surface area contributed by atoms with Crippen molar-refractivity contribution in [3.8, 4) is 5.75 Å². The summed E-state index contributed by atoms with van der Waals surface area (Å²) in [6, 6.07) is 24.2. The van der Waals surface area contributed by atoms with E-state index in [1.165, 1.54) is 35.7 Å². The van der Waals surface area contributed by atoms with Crippen molar-refractivity contribution in [2.75, 3.05) is 25.2 Å². The van der Waals surface area contributed by atoms with Gasteiger partial charge in [0.1, 0.15) is 12.4 Å². The predicted octanol–water partition coefficient (Wildman–Crippen LogP) is 4.88. The first-order chi connectivity index (χ1) is 14.7. The van der Waals surface area contributed by atoms with Gasteiger partial charge in [-0.15, -0.1) is 0 Å². The summed E-state index contributed by atoms with van der Waals surface area (Å²) in [5.74, 6) is -0.467. The molecule has 1 aliphatic heterocycles. The monoisotopic (exact) mass is 401 g/mol. The van der Waals surface area contributed by atoms with E-state index in [0.717, 1.165) is 24.3 Å². The number of carbonyl (C=O) groups is 1. The summed E-state index contributed by atoms with van der Waals surface area (Å²) in [6.45, 7) is 1.25. The standard InChI is InChI=1S/C25H23NO4/c1-29-24(25(27)28)16-18-10-12-21(13-11-18)30-15-14-26-22-8-4-2-6-19(22)17-20-7-3-5-9-23(20)26/h2-13,16H,14-15,17H2,1H3,(H,27,28)/b24-16-. The first kappa shape index (κ1) is 19.6. The third-order valence-corrected chi connectivity index (χ3v) is 5.14. The maximum absolute atomic E-state index is 11.0. The Hall–Kier alpha value is -3.73. The Labute approximate surface area is 175 Å². The Morgan fingerprint density at radius 3 is 2.13 bits per heavy atom. The Bertz CT molecular complexity index is 1030. The van der Waals surface area contributed by atoms with Crippen LogP contribution in [0.4, 0.5) is 11.4 Å². The molecule has 0 radical (unpaired) electrons. The van der Waals surface area contributed by atoms with Gasteiger partial charge in [-0.3, -0.25) is 0 Å². The summed E-state index contributed by atoms with van der Waals surface area (Å²) >= 11 is 0. The summed E-state index contributed by atoms with van der Waals surface area (Å²) in [4.78, 5) is 13.4. The summed E-state index contributed by atoms with van der Waals surface area (Å²) in [5.41, 5.74) is 5.82. The normalized spacial score (nSPS) is 12.7. The van der Waals surface area contributed by atoms with Crippen LogP contribution in [0.15, 0.2) is 78.6 Å². The summed E-state index contributed by atoms with van der Waals surface area (Å²) < 4.78 is 10.8. The van der Waals surface area contributed by atoms with Crippen LogP contribution >= 0.6 is 0 Å². The van der Waals surface area contributed by atoms with Crippen molar-refractivity contribution in [2.24, 2.45) is 0 Å². The quantitative estimate of drug-likeness (QED) is 0.452. The largest absolute Gasteiger partial charge is 0.492 e. The molecule has 3 aromatic carbocycles. The van der Waals surface area contributed by atoms with E-state index in [1.54, 1.807) is 0 Å². The molecular formula is C25H23NO4. The van der Waals surface area contributed by atoms with Gasteiger partial charge in [-0.25, -0.2) is 4.79 Å². The number of fused-ring (bicyclic) bond motifs is 2. The van der Waals surface area contributed by atoms with Crippen molar-refractivity contribution in [3.63, 3.8) is 0 Å². The summed E-state index contributed by atoms with van der Waals surface area (Å²) in [5, 5.41) is 9.05. The molecule has 1 N–H and O–H groups in total. The Kier molecular flexibility index (Phi) is 5.70. The minimum Gasteiger partial charge on any atom is -0.492 e. The van der Waals surface area contributed by atoms with Crippen LogP contribution in [0.1, 0.15) is 16.7 Å². The van der Waals surface area contributed by atoms with Crippen LogP contribution in [0.25, 0.3) is 6.08 Å². The van der Waals surface area contributed by atoms with Crippen LogP contribution in [0.3, 0.4) is 0 Å². The molecule has 4 rings (SSSR count). The minimum atomic E-state index is -1.10. The van der Waals surface area contributed by atoms with E-state index >= 15 is 0 Å². The maximum Gasteiger partial charge on any atom is 0.371 e. The van der Waals surface area contributed by atoms with Gasteiger partial charge in [0.15, 0.2) is 0 Å². The third kappa shape index (κ3) is 4.15. The maximum atomic E-state index is 11.0. The molecule has 0 unspecified atom stereocenters. The van der Waals surface area contributed by atoms with Gasteiger partial charge in [0.2, 0.25) is 5.76 Å². The summed E-state index contributed by atoms with van der Waals surface area (Å²) in [6.07, 6.45) is 2.42. The molecule has 30 heavy (non-hydrogen) atoms. The van der Waals surface area contributed by atoms with Crippen LogP contribution in [0, 0.1) is 0 Å². The highest BCUT2D eigenvalue weighted by atomic mass is 16.5. The van der Waals surface area contributed by atoms with E-state index in [9.17, 15) is 4.79 Å². The van der Waals surface area contributed by atoms with E-state index in [2.05, 4.69) is 53.4 Å². The van der Waals surface area contributed by atoms with Crippen molar-refractivity contribution >= 4 is 23.4 Å². The molecule has 0 bridgehead atoms. The van der Waals surface area contributed by atoms with Gasteiger partial charge < -0.3 is 19.5 Å². The smallest absolute Gasteiger partial charge is 0.371 e. The second-order valence-corrected chi connectivity index (χ2v) is 7.02. The number of hydrogen-bond acceptors (Lipinski definition) is 4. The number of methoxy groups -OCH3 is 1. The van der Waals surface area contributed by atoms with Gasteiger partial charge in [0.25, 0.3) is 0 Å². The number of rotatable bonds is 7. The van der Waals surface area contributed by atoms with Crippen molar-refractivity contribution in [3.05, 3.63) is 95.2 Å². The van der Waals surface area contributed by atoms with Gasteiger partial charge in [-0.05, 0) is 47.0 Å². The third-order valence-electron chi connectivity index (χ3n) is 5.14. The van der Waals surface area contributed by atoms with E-state index in [4.69, 9.17) is 14.6 Å². The number of para-hydroxylation sites is 2. The lowest BCUT2D eigenvalue weighted by Gasteiger charge is -2.33. The molecular weight excluding hydrogens is 378 g/mol. The molecule has 5 nitrogen and oxygen atoms in total. The molecule has 0 fully saturated rings. The highest BCUT2D eigenvalue weighted by Crippen LogP contribution is 2.38. The van der Waals surface area contributed by atoms with Gasteiger partial charge >= 0.3 is 5.97 Å². The van der Waals surface area contributed by atoms with Gasteiger partial charge in [-0.1, -0.05) is 48.5 Å².